The van der Waals surface area contributed by atoms with E-state index < -0.39 is 0 Å². The monoisotopic (exact) mass is 386 g/mol. The van der Waals surface area contributed by atoms with Gasteiger partial charge in [0.2, 0.25) is 0 Å². The van der Waals surface area contributed by atoms with Crippen LogP contribution in [0.4, 0.5) is 0 Å². The standard InChI is InChI=1S/C23H26N6/c1-4-25-23(26-15-20-9-7-8-19(13-20)14-24)27-16-21-10-5-6-11-22(21)29-18(3)12-17(2)28-29/h5-13H,4,15-16H2,1-3H3,(H2,25,26,27). The summed E-state index contributed by atoms with van der Waals surface area (Å²) >= 11 is 0. The van der Waals surface area contributed by atoms with Crippen LogP contribution < -0.4 is 10.6 Å². The molecule has 0 saturated heterocycles. The number of hydrogen-bond donors (Lipinski definition) is 2. The third kappa shape index (κ3) is 5.23. The van der Waals surface area contributed by atoms with Crippen molar-refractivity contribution < 1.29 is 0 Å². The van der Waals surface area contributed by atoms with Gasteiger partial charge in [0.05, 0.1) is 29.6 Å². The number of aryl methyl sites for hydroxylation is 2. The van der Waals surface area contributed by atoms with Gasteiger partial charge < -0.3 is 10.6 Å². The molecule has 0 saturated carbocycles. The number of aliphatic imine (C=N–C) groups is 1. The Labute approximate surface area is 171 Å². The summed E-state index contributed by atoms with van der Waals surface area (Å²) in [5.74, 6) is 0.734. The molecule has 1 heterocycles. The van der Waals surface area contributed by atoms with E-state index in [9.17, 15) is 0 Å². The number of guanidine groups is 1. The largest absolute Gasteiger partial charge is 0.357 e. The maximum atomic E-state index is 9.06. The summed E-state index contributed by atoms with van der Waals surface area (Å²) in [5.41, 5.74) is 5.95. The molecule has 0 fully saturated rings. The van der Waals surface area contributed by atoms with E-state index in [2.05, 4.69) is 51.9 Å². The predicted molar refractivity (Wildman–Crippen MR) is 116 cm³/mol. The van der Waals surface area contributed by atoms with Crippen LogP contribution >= 0.6 is 0 Å². The lowest BCUT2D eigenvalue weighted by molar-refractivity contribution is 0.783. The van der Waals surface area contributed by atoms with Crippen LogP contribution in [0.25, 0.3) is 5.69 Å². The fourth-order valence-electron chi connectivity index (χ4n) is 3.17. The third-order valence-electron chi connectivity index (χ3n) is 4.50. The van der Waals surface area contributed by atoms with Crippen LogP contribution in [-0.4, -0.2) is 22.3 Å². The van der Waals surface area contributed by atoms with Crippen molar-refractivity contribution in [3.8, 4) is 11.8 Å². The Balaban J connectivity index is 1.76. The molecule has 0 aliphatic rings. The molecule has 148 valence electrons. The zero-order chi connectivity index (χ0) is 20.6. The predicted octanol–water partition coefficient (Wildman–Crippen LogP) is 3.62. The maximum absolute atomic E-state index is 9.06. The second kappa shape index (κ2) is 9.56. The Morgan fingerprint density at radius 2 is 1.93 bits per heavy atom. The molecule has 1 aromatic heterocycles. The zero-order valence-electron chi connectivity index (χ0n) is 17.1. The smallest absolute Gasteiger partial charge is 0.191 e. The van der Waals surface area contributed by atoms with E-state index >= 15 is 0 Å². The fraction of sp³-hybridized carbons (Fsp3) is 0.261. The van der Waals surface area contributed by atoms with E-state index in [0.717, 1.165) is 40.7 Å². The first-order valence-electron chi connectivity index (χ1n) is 9.73. The summed E-state index contributed by atoms with van der Waals surface area (Å²) < 4.78 is 1.98. The molecule has 0 radical (unpaired) electrons. The minimum absolute atomic E-state index is 0.504. The van der Waals surface area contributed by atoms with Gasteiger partial charge in [-0.1, -0.05) is 30.3 Å². The molecule has 0 amide bonds. The van der Waals surface area contributed by atoms with E-state index in [1.165, 1.54) is 0 Å². The maximum Gasteiger partial charge on any atom is 0.191 e. The Morgan fingerprint density at radius 3 is 2.66 bits per heavy atom. The van der Waals surface area contributed by atoms with Gasteiger partial charge in [-0.15, -0.1) is 0 Å². The van der Waals surface area contributed by atoms with Gasteiger partial charge in [0.1, 0.15) is 0 Å². The Bertz CT molecular complexity index is 1040. The average molecular weight is 387 g/mol. The van der Waals surface area contributed by atoms with Gasteiger partial charge in [0.25, 0.3) is 0 Å². The Morgan fingerprint density at radius 1 is 1.10 bits per heavy atom. The first kappa shape index (κ1) is 20.2. The van der Waals surface area contributed by atoms with Gasteiger partial charge in [-0.2, -0.15) is 10.4 Å². The molecule has 0 aliphatic heterocycles. The zero-order valence-corrected chi connectivity index (χ0v) is 17.1. The lowest BCUT2D eigenvalue weighted by atomic mass is 10.1. The van der Waals surface area contributed by atoms with Crippen LogP contribution in [0.5, 0.6) is 0 Å². The molecule has 6 nitrogen and oxygen atoms in total. The van der Waals surface area contributed by atoms with Gasteiger partial charge in [-0.05, 0) is 56.2 Å². The molecule has 29 heavy (non-hydrogen) atoms. The first-order valence-corrected chi connectivity index (χ1v) is 9.73. The molecule has 0 bridgehead atoms. The van der Waals surface area contributed by atoms with Crippen molar-refractivity contribution in [3.05, 3.63) is 82.7 Å². The van der Waals surface area contributed by atoms with Gasteiger partial charge in [0.15, 0.2) is 5.96 Å². The lowest BCUT2D eigenvalue weighted by Crippen LogP contribution is -2.37. The fourth-order valence-corrected chi connectivity index (χ4v) is 3.17. The number of nitrogens with zero attached hydrogens (tertiary/aromatic N) is 4. The number of nitrogens with one attached hydrogen (secondary N) is 2. The topological polar surface area (TPSA) is 78.0 Å². The minimum atomic E-state index is 0.504. The summed E-state index contributed by atoms with van der Waals surface area (Å²) in [6, 6.07) is 20.0. The van der Waals surface area contributed by atoms with Crippen molar-refractivity contribution in [2.45, 2.75) is 33.9 Å². The van der Waals surface area contributed by atoms with Crippen LogP contribution in [-0.2, 0) is 13.1 Å². The molecule has 2 aromatic carbocycles. The molecule has 6 heteroatoms. The molecule has 3 rings (SSSR count). The lowest BCUT2D eigenvalue weighted by Gasteiger charge is -2.15. The van der Waals surface area contributed by atoms with Crippen molar-refractivity contribution >= 4 is 5.96 Å². The first-order chi connectivity index (χ1) is 14.1. The van der Waals surface area contributed by atoms with Gasteiger partial charge >= 0.3 is 0 Å². The number of aromatic nitrogens is 2. The quantitative estimate of drug-likeness (QED) is 0.501. The van der Waals surface area contributed by atoms with Crippen LogP contribution in [0.3, 0.4) is 0 Å². The summed E-state index contributed by atoms with van der Waals surface area (Å²) in [6.07, 6.45) is 0. The van der Waals surface area contributed by atoms with Crippen LogP contribution in [0.1, 0.15) is 35.0 Å². The summed E-state index contributed by atoms with van der Waals surface area (Å²) in [7, 11) is 0. The van der Waals surface area contributed by atoms with Crippen molar-refractivity contribution in [2.24, 2.45) is 4.99 Å². The molecule has 3 aromatic rings. The van der Waals surface area contributed by atoms with E-state index in [-0.39, 0.29) is 0 Å². The third-order valence-corrected chi connectivity index (χ3v) is 4.50. The number of benzene rings is 2. The Kier molecular flexibility index (Phi) is 6.64. The average Bonchev–Trinajstić information content (AvgIpc) is 3.08. The highest BCUT2D eigenvalue weighted by atomic mass is 15.3. The highest BCUT2D eigenvalue weighted by Gasteiger charge is 2.09. The van der Waals surface area contributed by atoms with E-state index in [0.29, 0.717) is 18.7 Å². The highest BCUT2D eigenvalue weighted by Crippen LogP contribution is 2.17. The van der Waals surface area contributed by atoms with Crippen LogP contribution in [0, 0.1) is 25.2 Å². The van der Waals surface area contributed by atoms with Gasteiger partial charge in [0, 0.05) is 18.8 Å². The highest BCUT2D eigenvalue weighted by molar-refractivity contribution is 5.79. The van der Waals surface area contributed by atoms with E-state index in [4.69, 9.17) is 5.26 Å². The van der Waals surface area contributed by atoms with Crippen molar-refractivity contribution in [3.63, 3.8) is 0 Å². The van der Waals surface area contributed by atoms with Crippen molar-refractivity contribution in [1.29, 1.82) is 5.26 Å². The van der Waals surface area contributed by atoms with Gasteiger partial charge in [-0.25, -0.2) is 9.67 Å². The number of rotatable bonds is 6. The number of para-hydroxylation sites is 1. The van der Waals surface area contributed by atoms with Crippen molar-refractivity contribution in [2.75, 3.05) is 6.54 Å². The molecule has 0 aliphatic carbocycles. The van der Waals surface area contributed by atoms with Crippen LogP contribution in [0.2, 0.25) is 0 Å². The minimum Gasteiger partial charge on any atom is -0.357 e. The van der Waals surface area contributed by atoms with Crippen molar-refractivity contribution in [1.82, 2.24) is 20.4 Å². The normalized spacial score (nSPS) is 11.2. The summed E-state index contributed by atoms with van der Waals surface area (Å²) in [5, 5.41) is 20.4. The molecule has 0 unspecified atom stereocenters. The second-order valence-corrected chi connectivity index (χ2v) is 6.83. The molecular weight excluding hydrogens is 360 g/mol. The Hall–Kier alpha value is -3.59. The molecular formula is C23H26N6. The molecule has 2 N–H and O–H groups in total. The number of nitriles is 1. The molecule has 0 spiro atoms. The SMILES string of the molecule is CCNC(=NCc1cccc(C#N)c1)NCc1ccccc1-n1nc(C)cc1C. The summed E-state index contributed by atoms with van der Waals surface area (Å²) in [6.45, 7) is 8.00. The van der Waals surface area contributed by atoms with Crippen LogP contribution in [0.15, 0.2) is 59.6 Å². The summed E-state index contributed by atoms with van der Waals surface area (Å²) in [4.78, 5) is 4.66. The van der Waals surface area contributed by atoms with E-state index in [1.807, 2.05) is 48.9 Å². The van der Waals surface area contributed by atoms with Gasteiger partial charge in [-0.3, -0.25) is 0 Å². The number of hydrogen-bond acceptors (Lipinski definition) is 3. The second-order valence-electron chi connectivity index (χ2n) is 6.83. The molecule has 0 atom stereocenters. The van der Waals surface area contributed by atoms with E-state index in [1.54, 1.807) is 6.07 Å².